The van der Waals surface area contributed by atoms with E-state index in [9.17, 15) is 22.0 Å². The lowest BCUT2D eigenvalue weighted by Gasteiger charge is -2.35. The van der Waals surface area contributed by atoms with Gasteiger partial charge in [0.1, 0.15) is 0 Å². The highest BCUT2D eigenvalue weighted by Gasteiger charge is 2.43. The van der Waals surface area contributed by atoms with E-state index in [1.54, 1.807) is 0 Å². The number of alkyl halides is 5. The van der Waals surface area contributed by atoms with E-state index in [-0.39, 0.29) is 42.7 Å². The van der Waals surface area contributed by atoms with Gasteiger partial charge in [0.2, 0.25) is 0 Å². The Balaban J connectivity index is 0.00000169. The molecule has 1 aromatic rings. The summed E-state index contributed by atoms with van der Waals surface area (Å²) in [5.74, 6) is -0.261. The Hall–Kier alpha value is -1.03. The van der Waals surface area contributed by atoms with Crippen LogP contribution >= 0.6 is 24.8 Å². The predicted molar refractivity (Wildman–Crippen MR) is 89.6 cm³/mol. The van der Waals surface area contributed by atoms with Crippen molar-refractivity contribution in [3.05, 3.63) is 23.8 Å². The molecule has 4 nitrogen and oxygen atoms in total. The van der Waals surface area contributed by atoms with E-state index < -0.39 is 24.9 Å². The summed E-state index contributed by atoms with van der Waals surface area (Å²) in [5, 5.41) is 3.14. The van der Waals surface area contributed by atoms with Crippen LogP contribution in [0.1, 0.15) is 24.4 Å². The molecule has 1 fully saturated rings. The maximum absolute atomic E-state index is 13.1. The second kappa shape index (κ2) is 8.77. The number of fused-ring (bicyclic) bond motifs is 1. The number of hydrogen-bond donors (Lipinski definition) is 1. The molecule has 2 heterocycles. The number of halogens is 7. The lowest BCUT2D eigenvalue weighted by atomic mass is 9.98. The molecule has 0 aromatic heterocycles. The third-order valence-corrected chi connectivity index (χ3v) is 4.10. The molecule has 0 radical (unpaired) electrons. The number of nitrogens with zero attached hydrogens (tertiary/aromatic N) is 1. The number of benzene rings is 1. The zero-order valence-corrected chi connectivity index (χ0v) is 15.2. The Morgan fingerprint density at radius 1 is 1.08 bits per heavy atom. The molecule has 0 unspecified atom stereocenters. The van der Waals surface area contributed by atoms with Crippen LogP contribution in [-0.4, -0.2) is 43.5 Å². The smallest absolute Gasteiger partial charge is 0.395 e. The largest absolute Gasteiger partial charge is 0.586 e. The van der Waals surface area contributed by atoms with E-state index in [1.165, 1.54) is 18.2 Å². The van der Waals surface area contributed by atoms with Gasteiger partial charge in [0.15, 0.2) is 11.5 Å². The van der Waals surface area contributed by atoms with Crippen LogP contribution in [0.2, 0.25) is 0 Å². The molecule has 0 aliphatic carbocycles. The third kappa shape index (κ3) is 5.73. The van der Waals surface area contributed by atoms with Crippen LogP contribution in [-0.2, 0) is 0 Å². The second-order valence-corrected chi connectivity index (χ2v) is 5.83. The average molecular weight is 425 g/mol. The molecule has 0 amide bonds. The summed E-state index contributed by atoms with van der Waals surface area (Å²) in [6.45, 7) is 2.52. The maximum Gasteiger partial charge on any atom is 0.586 e. The fourth-order valence-electron chi connectivity index (χ4n) is 3.03. The van der Waals surface area contributed by atoms with Crippen LogP contribution in [0, 0.1) is 0 Å². The molecule has 0 spiro atoms. The van der Waals surface area contributed by atoms with Gasteiger partial charge in [0.05, 0.1) is 0 Å². The zero-order chi connectivity index (χ0) is 17.4. The molecule has 11 heteroatoms. The first-order valence-electron chi connectivity index (χ1n) is 7.65. The minimum Gasteiger partial charge on any atom is -0.395 e. The Morgan fingerprint density at radius 2 is 1.69 bits per heavy atom. The van der Waals surface area contributed by atoms with Crippen LogP contribution in [0.15, 0.2) is 18.2 Å². The summed E-state index contributed by atoms with van der Waals surface area (Å²) in [4.78, 5) is 1.93. The number of nitrogens with one attached hydrogen (secondary N) is 1. The molecule has 150 valence electrons. The summed E-state index contributed by atoms with van der Waals surface area (Å²) >= 11 is 0. The quantitative estimate of drug-likeness (QED) is 0.736. The third-order valence-electron chi connectivity index (χ3n) is 4.10. The van der Waals surface area contributed by atoms with Gasteiger partial charge in [-0.25, -0.2) is 0 Å². The highest BCUT2D eigenvalue weighted by molar-refractivity contribution is 5.85. The van der Waals surface area contributed by atoms with Crippen LogP contribution in [0.25, 0.3) is 0 Å². The van der Waals surface area contributed by atoms with E-state index >= 15 is 0 Å². The van der Waals surface area contributed by atoms with Gasteiger partial charge >= 0.3 is 12.5 Å². The lowest BCUT2D eigenvalue weighted by Crippen LogP contribution is -2.45. The highest BCUT2D eigenvalue weighted by atomic mass is 35.5. The molecule has 1 aromatic carbocycles. The van der Waals surface area contributed by atoms with Gasteiger partial charge in [-0.15, -0.1) is 33.6 Å². The van der Waals surface area contributed by atoms with Crippen molar-refractivity contribution in [2.24, 2.45) is 0 Å². The Bertz CT molecular complexity index is 598. The fourth-order valence-corrected chi connectivity index (χ4v) is 3.03. The van der Waals surface area contributed by atoms with Gasteiger partial charge in [0.25, 0.3) is 0 Å². The van der Waals surface area contributed by atoms with E-state index in [2.05, 4.69) is 14.8 Å². The van der Waals surface area contributed by atoms with Crippen LogP contribution in [0.5, 0.6) is 11.5 Å². The molecule has 26 heavy (non-hydrogen) atoms. The van der Waals surface area contributed by atoms with Crippen LogP contribution < -0.4 is 14.8 Å². The monoisotopic (exact) mass is 424 g/mol. The summed E-state index contributed by atoms with van der Waals surface area (Å²) in [7, 11) is 0. The molecular formula is C15H19Cl2F5N2O2. The SMILES string of the molecule is Cl.Cl.FC(F)(F)CC[C@@H](c1ccc2c(c1)OC(F)(F)O2)N1CCNCC1. The fraction of sp³-hybridized carbons (Fsp3) is 0.600. The van der Waals surface area contributed by atoms with Gasteiger partial charge in [-0.1, -0.05) is 6.07 Å². The molecule has 0 saturated carbocycles. The number of ether oxygens (including phenoxy) is 2. The first-order valence-corrected chi connectivity index (χ1v) is 7.65. The molecule has 2 aliphatic heterocycles. The van der Waals surface area contributed by atoms with Crippen molar-refractivity contribution in [2.75, 3.05) is 26.2 Å². The number of piperazine rings is 1. The van der Waals surface area contributed by atoms with Crippen molar-refractivity contribution >= 4 is 24.8 Å². The summed E-state index contributed by atoms with van der Waals surface area (Å²) in [6, 6.07) is 3.66. The van der Waals surface area contributed by atoms with Crippen LogP contribution in [0.4, 0.5) is 22.0 Å². The lowest BCUT2D eigenvalue weighted by molar-refractivity contribution is -0.286. The number of rotatable bonds is 4. The van der Waals surface area contributed by atoms with Gasteiger partial charge < -0.3 is 14.8 Å². The molecule has 1 atom stereocenters. The Kier molecular flexibility index (Phi) is 7.76. The van der Waals surface area contributed by atoms with Gasteiger partial charge in [-0.3, -0.25) is 4.90 Å². The highest BCUT2D eigenvalue weighted by Crippen LogP contribution is 2.43. The topological polar surface area (TPSA) is 33.7 Å². The first-order chi connectivity index (χ1) is 11.2. The Morgan fingerprint density at radius 3 is 2.31 bits per heavy atom. The predicted octanol–water partition coefficient (Wildman–Crippen LogP) is 4.14. The van der Waals surface area contributed by atoms with E-state index in [0.717, 1.165) is 0 Å². The van der Waals surface area contributed by atoms with E-state index in [4.69, 9.17) is 0 Å². The van der Waals surface area contributed by atoms with Crippen molar-refractivity contribution in [3.8, 4) is 11.5 Å². The zero-order valence-electron chi connectivity index (χ0n) is 13.5. The number of hydrogen-bond acceptors (Lipinski definition) is 4. The summed E-state index contributed by atoms with van der Waals surface area (Å²) in [6.07, 6.45) is -9.08. The minimum absolute atomic E-state index is 0. The van der Waals surface area contributed by atoms with Gasteiger partial charge in [-0.05, 0) is 24.1 Å². The Labute approximate surface area is 159 Å². The first kappa shape index (κ1) is 23.0. The van der Waals surface area contributed by atoms with Crippen molar-refractivity contribution in [3.63, 3.8) is 0 Å². The van der Waals surface area contributed by atoms with Gasteiger partial charge in [0, 0.05) is 38.6 Å². The summed E-state index contributed by atoms with van der Waals surface area (Å²) in [5.41, 5.74) is 0.515. The molecular weight excluding hydrogens is 406 g/mol. The molecule has 3 rings (SSSR count). The van der Waals surface area contributed by atoms with Crippen molar-refractivity contribution in [1.82, 2.24) is 10.2 Å². The van der Waals surface area contributed by atoms with Gasteiger partial charge in [-0.2, -0.15) is 13.2 Å². The van der Waals surface area contributed by atoms with Crippen molar-refractivity contribution in [2.45, 2.75) is 31.4 Å². The van der Waals surface area contributed by atoms with Crippen molar-refractivity contribution in [1.29, 1.82) is 0 Å². The van der Waals surface area contributed by atoms with Crippen molar-refractivity contribution < 1.29 is 31.4 Å². The molecule has 1 saturated heterocycles. The maximum atomic E-state index is 13.1. The van der Waals surface area contributed by atoms with E-state index in [0.29, 0.717) is 31.7 Å². The summed E-state index contributed by atoms with van der Waals surface area (Å²) < 4.78 is 72.9. The minimum atomic E-state index is -4.27. The average Bonchev–Trinajstić information content (AvgIpc) is 2.80. The van der Waals surface area contributed by atoms with Crippen LogP contribution in [0.3, 0.4) is 0 Å². The molecule has 1 N–H and O–H groups in total. The van der Waals surface area contributed by atoms with E-state index in [1.807, 2.05) is 4.90 Å². The second-order valence-electron chi connectivity index (χ2n) is 5.83. The normalized spacial score (nSPS) is 20.0. The molecule has 0 bridgehead atoms. The standard InChI is InChI=1S/C15H17F5N2O2.2ClH/c16-14(17,18)4-3-11(22-7-5-21-6-8-22)10-1-2-12-13(9-10)24-15(19,20)23-12;;/h1-2,9,11,21H,3-8H2;2*1H/t11-;;/m0../s1. The molecule has 2 aliphatic rings.